The minimum absolute atomic E-state index is 0.114. The van der Waals surface area contributed by atoms with E-state index in [1.54, 1.807) is 12.1 Å². The van der Waals surface area contributed by atoms with Gasteiger partial charge in [0, 0.05) is 19.5 Å². The highest BCUT2D eigenvalue weighted by molar-refractivity contribution is 5.76. The normalized spacial score (nSPS) is 23.4. The van der Waals surface area contributed by atoms with Gasteiger partial charge in [-0.15, -0.1) is 0 Å². The van der Waals surface area contributed by atoms with Gasteiger partial charge in [0.2, 0.25) is 5.91 Å². The number of carbonyl (C=O) groups is 1. The molecule has 2 rings (SSSR count). The molecular weight excluding hydrogens is 245 g/mol. The predicted molar refractivity (Wildman–Crippen MR) is 71.1 cm³/mol. The molecule has 0 radical (unpaired) electrons. The summed E-state index contributed by atoms with van der Waals surface area (Å²) in [5.74, 6) is 0.000477. The number of aliphatic hydroxyl groups excluding tert-OH is 1. The van der Waals surface area contributed by atoms with Gasteiger partial charge in [-0.3, -0.25) is 4.79 Å². The van der Waals surface area contributed by atoms with Crippen molar-refractivity contribution in [1.82, 2.24) is 4.90 Å². The first-order chi connectivity index (χ1) is 9.06. The number of aryl methyl sites for hydroxylation is 1. The highest BCUT2D eigenvalue weighted by atomic mass is 19.1. The largest absolute Gasteiger partial charge is 0.393 e. The van der Waals surface area contributed by atoms with Crippen LogP contribution in [0, 0.1) is 11.7 Å². The molecule has 1 N–H and O–H groups in total. The molecule has 2 unspecified atom stereocenters. The Morgan fingerprint density at radius 2 is 2.11 bits per heavy atom. The molecule has 1 aliphatic rings. The molecule has 3 nitrogen and oxygen atoms in total. The summed E-state index contributed by atoms with van der Waals surface area (Å²) in [6.45, 7) is 3.22. The number of hydrogen-bond donors (Lipinski definition) is 1. The summed E-state index contributed by atoms with van der Waals surface area (Å²) in [5.41, 5.74) is 0.972. The molecule has 2 atom stereocenters. The van der Waals surface area contributed by atoms with Gasteiger partial charge >= 0.3 is 0 Å². The number of nitrogens with zero attached hydrogens (tertiary/aromatic N) is 1. The smallest absolute Gasteiger partial charge is 0.222 e. The number of aliphatic hydroxyl groups is 1. The van der Waals surface area contributed by atoms with Gasteiger partial charge in [-0.1, -0.05) is 19.1 Å². The van der Waals surface area contributed by atoms with Crippen molar-refractivity contribution >= 4 is 5.91 Å². The van der Waals surface area contributed by atoms with Crippen LogP contribution >= 0.6 is 0 Å². The third-order valence-electron chi connectivity index (χ3n) is 3.75. The number of rotatable bonds is 3. The first-order valence-electron chi connectivity index (χ1n) is 6.76. The molecule has 0 aliphatic carbocycles. The van der Waals surface area contributed by atoms with Gasteiger partial charge in [0.15, 0.2) is 0 Å². The van der Waals surface area contributed by atoms with Crippen molar-refractivity contribution in [3.8, 4) is 0 Å². The van der Waals surface area contributed by atoms with Gasteiger partial charge in [-0.25, -0.2) is 4.39 Å². The Labute approximate surface area is 113 Å². The van der Waals surface area contributed by atoms with Crippen LogP contribution in [0.25, 0.3) is 0 Å². The Balaban J connectivity index is 1.83. The number of likely N-dealkylation sites (tertiary alicyclic amines) is 1. The quantitative estimate of drug-likeness (QED) is 0.908. The molecule has 0 bridgehead atoms. The average Bonchev–Trinajstić information content (AvgIpc) is 2.41. The lowest BCUT2D eigenvalue weighted by Gasteiger charge is -2.34. The predicted octanol–water partition coefficient (Wildman–Crippen LogP) is 1.99. The molecule has 1 saturated heterocycles. The molecule has 0 aromatic heterocycles. The van der Waals surface area contributed by atoms with Crippen molar-refractivity contribution < 1.29 is 14.3 Å². The van der Waals surface area contributed by atoms with E-state index in [1.165, 1.54) is 12.1 Å². The maximum absolute atomic E-state index is 12.8. The SMILES string of the molecule is CC1CN(C(=O)CCc2ccc(F)cc2)CCC1O. The zero-order valence-corrected chi connectivity index (χ0v) is 11.2. The Morgan fingerprint density at radius 1 is 1.42 bits per heavy atom. The number of piperidine rings is 1. The second-order valence-corrected chi connectivity index (χ2v) is 5.30. The fraction of sp³-hybridized carbons (Fsp3) is 0.533. The number of hydrogen-bond acceptors (Lipinski definition) is 2. The average molecular weight is 265 g/mol. The lowest BCUT2D eigenvalue weighted by Crippen LogP contribution is -2.45. The molecule has 1 heterocycles. The van der Waals surface area contributed by atoms with Crippen LogP contribution in [0.2, 0.25) is 0 Å². The van der Waals surface area contributed by atoms with E-state index in [9.17, 15) is 14.3 Å². The Hall–Kier alpha value is -1.42. The summed E-state index contributed by atoms with van der Waals surface area (Å²) in [4.78, 5) is 13.9. The van der Waals surface area contributed by atoms with E-state index in [1.807, 2.05) is 11.8 Å². The van der Waals surface area contributed by atoms with Crippen LogP contribution in [0.4, 0.5) is 4.39 Å². The number of amides is 1. The monoisotopic (exact) mass is 265 g/mol. The van der Waals surface area contributed by atoms with E-state index in [-0.39, 0.29) is 23.7 Å². The van der Waals surface area contributed by atoms with Crippen LogP contribution in [0.3, 0.4) is 0 Å². The summed E-state index contributed by atoms with van der Waals surface area (Å²) < 4.78 is 12.8. The molecule has 1 fully saturated rings. The molecule has 104 valence electrons. The minimum atomic E-state index is -0.291. The lowest BCUT2D eigenvalue weighted by atomic mass is 9.96. The summed E-state index contributed by atoms with van der Waals surface area (Å²) in [7, 11) is 0. The highest BCUT2D eigenvalue weighted by Crippen LogP contribution is 2.17. The van der Waals surface area contributed by atoms with Gasteiger partial charge in [0.25, 0.3) is 0 Å². The summed E-state index contributed by atoms with van der Waals surface area (Å²) in [5, 5.41) is 9.64. The lowest BCUT2D eigenvalue weighted by molar-refractivity contribution is -0.134. The van der Waals surface area contributed by atoms with Crippen LogP contribution in [-0.2, 0) is 11.2 Å². The zero-order valence-electron chi connectivity index (χ0n) is 11.2. The van der Waals surface area contributed by atoms with Gasteiger partial charge in [0.1, 0.15) is 5.82 Å². The topological polar surface area (TPSA) is 40.5 Å². The molecule has 0 spiro atoms. The van der Waals surface area contributed by atoms with Crippen molar-refractivity contribution in [3.05, 3.63) is 35.6 Å². The summed E-state index contributed by atoms with van der Waals surface area (Å²) >= 11 is 0. The van der Waals surface area contributed by atoms with Crippen LogP contribution in [0.1, 0.15) is 25.3 Å². The standard InChI is InChI=1S/C15H20FNO2/c1-11-10-17(9-8-14(11)18)15(19)7-4-12-2-5-13(16)6-3-12/h2-3,5-6,11,14,18H,4,7-10H2,1H3. The van der Waals surface area contributed by atoms with Crippen LogP contribution in [0.5, 0.6) is 0 Å². The second-order valence-electron chi connectivity index (χ2n) is 5.30. The summed E-state index contributed by atoms with van der Waals surface area (Å²) in [6.07, 6.45) is 1.44. The van der Waals surface area contributed by atoms with E-state index >= 15 is 0 Å². The molecule has 1 amide bonds. The fourth-order valence-corrected chi connectivity index (χ4v) is 2.42. The van der Waals surface area contributed by atoms with Crippen LogP contribution in [0.15, 0.2) is 24.3 Å². The highest BCUT2D eigenvalue weighted by Gasteiger charge is 2.26. The third kappa shape index (κ3) is 3.77. The Morgan fingerprint density at radius 3 is 2.74 bits per heavy atom. The second kappa shape index (κ2) is 6.15. The van der Waals surface area contributed by atoms with E-state index in [4.69, 9.17) is 0 Å². The molecule has 1 aromatic rings. The Kier molecular flexibility index (Phi) is 4.53. The minimum Gasteiger partial charge on any atom is -0.393 e. The molecular formula is C15H20FNO2. The van der Waals surface area contributed by atoms with Crippen molar-refractivity contribution in [2.45, 2.75) is 32.3 Å². The Bertz CT molecular complexity index is 432. The van der Waals surface area contributed by atoms with Crippen molar-refractivity contribution in [2.24, 2.45) is 5.92 Å². The van der Waals surface area contributed by atoms with Crippen molar-refractivity contribution in [3.63, 3.8) is 0 Å². The molecule has 0 saturated carbocycles. The number of benzene rings is 1. The van der Waals surface area contributed by atoms with Gasteiger partial charge in [-0.2, -0.15) is 0 Å². The van der Waals surface area contributed by atoms with E-state index in [2.05, 4.69) is 0 Å². The maximum Gasteiger partial charge on any atom is 0.222 e. The maximum atomic E-state index is 12.8. The first-order valence-corrected chi connectivity index (χ1v) is 6.76. The van der Waals surface area contributed by atoms with Crippen molar-refractivity contribution in [1.29, 1.82) is 0 Å². The van der Waals surface area contributed by atoms with E-state index < -0.39 is 0 Å². The van der Waals surface area contributed by atoms with Gasteiger partial charge in [0.05, 0.1) is 6.10 Å². The molecule has 4 heteroatoms. The van der Waals surface area contributed by atoms with Crippen LogP contribution < -0.4 is 0 Å². The molecule has 19 heavy (non-hydrogen) atoms. The van der Waals surface area contributed by atoms with E-state index in [0.29, 0.717) is 32.4 Å². The number of carbonyl (C=O) groups excluding carboxylic acids is 1. The third-order valence-corrected chi connectivity index (χ3v) is 3.75. The van der Waals surface area contributed by atoms with Crippen LogP contribution in [-0.4, -0.2) is 35.1 Å². The molecule has 1 aromatic carbocycles. The summed E-state index contributed by atoms with van der Waals surface area (Å²) in [6, 6.07) is 6.26. The fourth-order valence-electron chi connectivity index (χ4n) is 2.42. The van der Waals surface area contributed by atoms with E-state index in [0.717, 1.165) is 5.56 Å². The molecule has 1 aliphatic heterocycles. The van der Waals surface area contributed by atoms with Gasteiger partial charge < -0.3 is 10.0 Å². The van der Waals surface area contributed by atoms with Crippen molar-refractivity contribution in [2.75, 3.05) is 13.1 Å². The van der Waals surface area contributed by atoms with Gasteiger partial charge in [-0.05, 0) is 36.5 Å². The first kappa shape index (κ1) is 14.0. The number of halogens is 1. The zero-order chi connectivity index (χ0) is 13.8.